The molecule has 0 aromatic heterocycles. The van der Waals surface area contributed by atoms with Gasteiger partial charge >= 0.3 is 6.03 Å². The number of ether oxygens (including phenoxy) is 2. The largest absolute Gasteiger partial charge is 0.483 e. The maximum absolute atomic E-state index is 12.5. The highest BCUT2D eigenvalue weighted by Gasteiger charge is 2.42. The van der Waals surface area contributed by atoms with E-state index in [1.807, 2.05) is 24.3 Å². The van der Waals surface area contributed by atoms with E-state index in [1.54, 1.807) is 24.3 Å². The molecule has 4 bridgehead atoms. The molecule has 7 N–H and O–H groups in total. The number of hydrogen-bond acceptors (Lipinski definition) is 8. The van der Waals surface area contributed by atoms with Crippen molar-refractivity contribution in [2.45, 2.75) is 101 Å². The molecule has 4 aliphatic heterocycles. The predicted molar refractivity (Wildman–Crippen MR) is 246 cm³/mol. The van der Waals surface area contributed by atoms with Crippen molar-refractivity contribution in [1.82, 2.24) is 20.4 Å². The lowest BCUT2D eigenvalue weighted by molar-refractivity contribution is -0.125. The minimum Gasteiger partial charge on any atom is -0.483 e. The van der Waals surface area contributed by atoms with Crippen LogP contribution in [0.15, 0.2) is 84.9 Å². The van der Waals surface area contributed by atoms with Crippen LogP contribution >= 0.6 is 46.4 Å². The monoisotopic (exact) mass is 937 g/mol. The minimum atomic E-state index is -0.734. The van der Waals surface area contributed by atoms with Gasteiger partial charge in [-0.2, -0.15) is 0 Å². The second-order valence-electron chi connectivity index (χ2n) is 16.6. The van der Waals surface area contributed by atoms with Crippen LogP contribution in [0.5, 0.6) is 11.5 Å². The van der Waals surface area contributed by atoms with E-state index < -0.39 is 11.9 Å². The van der Waals surface area contributed by atoms with E-state index in [1.165, 1.54) is 23.3 Å². The lowest BCUT2D eigenvalue weighted by Gasteiger charge is -2.39. The number of halogens is 4. The van der Waals surface area contributed by atoms with E-state index in [-0.39, 0.29) is 48.4 Å². The molecular weight excluding hydrogens is 888 g/mol. The molecule has 4 atom stereocenters. The van der Waals surface area contributed by atoms with Gasteiger partial charge in [-0.25, -0.2) is 4.79 Å². The molecule has 0 radical (unpaired) electrons. The van der Waals surface area contributed by atoms with Crippen molar-refractivity contribution in [2.75, 3.05) is 18.5 Å². The Hall–Kier alpha value is -4.76. The Kier molecular flexibility index (Phi) is 15.6. The summed E-state index contributed by atoms with van der Waals surface area (Å²) in [6, 6.07) is 26.7. The molecule has 4 aliphatic rings. The number of anilines is 1. The number of carbonyl (C=O) groups is 4. The quantitative estimate of drug-likeness (QED) is 0.0845. The summed E-state index contributed by atoms with van der Waals surface area (Å²) in [5, 5.41) is 10.9. The van der Waals surface area contributed by atoms with Crippen LogP contribution in [0.2, 0.25) is 20.1 Å². The van der Waals surface area contributed by atoms with Gasteiger partial charge < -0.3 is 36.9 Å². The van der Waals surface area contributed by atoms with Crippen molar-refractivity contribution in [3.63, 3.8) is 0 Å². The molecule has 0 saturated carbocycles. The SMILES string of the molecule is NC(=O)Nc1cc(Cl)ccc1OCC(=O)NC1CC2CCC(C1)N2Cc1ccc(Cl)cc1.NC(=O)c1cc(Cl)ccc1OCC(=O)NC1CC2CCC(C1)N2Cc1ccc(Cl)cc1. The number of carbonyl (C=O) groups excluding carboxylic acids is 4. The Morgan fingerprint density at radius 1 is 0.556 bits per heavy atom. The van der Waals surface area contributed by atoms with Gasteiger partial charge in [-0.05, 0) is 123 Å². The van der Waals surface area contributed by atoms with Crippen molar-refractivity contribution in [1.29, 1.82) is 0 Å². The van der Waals surface area contributed by atoms with Crippen LogP contribution in [-0.2, 0) is 22.7 Å². The zero-order valence-corrected chi connectivity index (χ0v) is 37.6. The Morgan fingerprint density at radius 3 is 1.38 bits per heavy atom. The number of nitrogens with zero attached hydrogens (tertiary/aromatic N) is 2. The molecule has 4 fully saturated rings. The number of primary amides is 2. The Balaban J connectivity index is 0.000000189. The standard InChI is InChI=1S/C23H26Cl2N4O3.C23H25Cl2N3O3/c24-15-3-1-14(2-4-15)12-29-18-6-7-19(29)11-17(10-18)27-22(30)13-32-21-8-5-16(25)9-20(21)28-23(26)31;24-15-3-1-14(2-4-15)12-28-18-6-7-19(28)11-17(10-18)27-22(29)13-31-21-8-5-16(25)9-20(21)23(26)30/h1-5,8-9,17-19H,6-7,10-13H2,(H,27,30)(H3,26,28,31);1-5,8-9,17-19H,6-7,10-13H2,(H2,26,30)(H,27,29). The molecule has 63 heavy (non-hydrogen) atoms. The van der Waals surface area contributed by atoms with Gasteiger partial charge in [-0.3, -0.25) is 24.2 Å². The smallest absolute Gasteiger partial charge is 0.316 e. The highest BCUT2D eigenvalue weighted by Crippen LogP contribution is 2.38. The molecule has 4 saturated heterocycles. The number of piperidine rings is 2. The fourth-order valence-corrected chi connectivity index (χ4v) is 10.0. The number of hydrogen-bond donors (Lipinski definition) is 5. The van der Waals surface area contributed by atoms with Gasteiger partial charge in [-0.15, -0.1) is 0 Å². The van der Waals surface area contributed by atoms with Crippen molar-refractivity contribution in [2.24, 2.45) is 11.5 Å². The lowest BCUT2D eigenvalue weighted by Crippen LogP contribution is -2.50. The molecule has 17 heteroatoms. The number of nitrogens with one attached hydrogen (secondary N) is 3. The van der Waals surface area contributed by atoms with Crippen molar-refractivity contribution in [3.05, 3.63) is 122 Å². The summed E-state index contributed by atoms with van der Waals surface area (Å²) >= 11 is 23.9. The van der Waals surface area contributed by atoms with Crippen LogP contribution in [0.3, 0.4) is 0 Å². The summed E-state index contributed by atoms with van der Waals surface area (Å²) in [6.45, 7) is 1.48. The van der Waals surface area contributed by atoms with Crippen molar-refractivity contribution in [3.8, 4) is 11.5 Å². The molecule has 4 aromatic rings. The fraction of sp³-hybridized carbons (Fsp3) is 0.391. The number of nitrogens with two attached hydrogens (primary N) is 2. The van der Waals surface area contributed by atoms with Crippen LogP contribution in [0.1, 0.15) is 72.9 Å². The summed E-state index contributed by atoms with van der Waals surface area (Å²) < 4.78 is 11.2. The van der Waals surface area contributed by atoms with Gasteiger partial charge in [0.1, 0.15) is 11.5 Å². The summed E-state index contributed by atoms with van der Waals surface area (Å²) in [7, 11) is 0. The Labute approximate surface area is 387 Å². The Bertz CT molecular complexity index is 2240. The highest BCUT2D eigenvalue weighted by atomic mass is 35.5. The molecule has 13 nitrogen and oxygen atoms in total. The van der Waals surface area contributed by atoms with Crippen LogP contribution in [0.25, 0.3) is 0 Å². The van der Waals surface area contributed by atoms with Crippen LogP contribution in [-0.4, -0.2) is 83.0 Å². The second-order valence-corrected chi connectivity index (χ2v) is 18.3. The Morgan fingerprint density at radius 2 is 0.952 bits per heavy atom. The number of rotatable bonds is 14. The molecule has 0 spiro atoms. The molecule has 4 unspecified atom stereocenters. The molecule has 8 rings (SSSR count). The van der Waals surface area contributed by atoms with E-state index >= 15 is 0 Å². The third-order valence-corrected chi connectivity index (χ3v) is 13.2. The van der Waals surface area contributed by atoms with Crippen LogP contribution in [0.4, 0.5) is 10.5 Å². The molecule has 0 aliphatic carbocycles. The first-order valence-electron chi connectivity index (χ1n) is 21.1. The van der Waals surface area contributed by atoms with Gasteiger partial charge in [0.15, 0.2) is 13.2 Å². The third kappa shape index (κ3) is 12.7. The van der Waals surface area contributed by atoms with Crippen LogP contribution in [0, 0.1) is 0 Å². The first-order chi connectivity index (χ1) is 30.3. The van der Waals surface area contributed by atoms with Crippen LogP contribution < -0.4 is 36.9 Å². The fourth-order valence-electron chi connectivity index (χ4n) is 9.41. The first-order valence-corrected chi connectivity index (χ1v) is 22.6. The molecular formula is C46H51Cl4N7O6. The zero-order valence-electron chi connectivity index (χ0n) is 34.5. The van der Waals surface area contributed by atoms with E-state index in [2.05, 4.69) is 50.0 Å². The summed E-state index contributed by atoms with van der Waals surface area (Å²) in [6.07, 6.45) is 8.27. The number of urea groups is 1. The highest BCUT2D eigenvalue weighted by molar-refractivity contribution is 6.31. The van der Waals surface area contributed by atoms with E-state index in [0.29, 0.717) is 45.6 Å². The topological polar surface area (TPSA) is 181 Å². The van der Waals surface area contributed by atoms with Gasteiger partial charge in [0.05, 0.1) is 11.3 Å². The molecule has 5 amide bonds. The summed E-state index contributed by atoms with van der Waals surface area (Å²) in [4.78, 5) is 52.8. The minimum absolute atomic E-state index is 0.121. The van der Waals surface area contributed by atoms with E-state index in [0.717, 1.165) is 74.5 Å². The summed E-state index contributed by atoms with van der Waals surface area (Å²) in [5.41, 5.74) is 13.5. The number of benzene rings is 4. The first kappa shape index (κ1) is 46.2. The molecule has 4 aromatic carbocycles. The lowest BCUT2D eigenvalue weighted by atomic mass is 9.96. The normalized spacial score (nSPS) is 22.6. The third-order valence-electron chi connectivity index (χ3n) is 12.2. The molecule has 334 valence electrons. The van der Waals surface area contributed by atoms with Gasteiger partial charge in [0, 0.05) is 69.4 Å². The van der Waals surface area contributed by atoms with Gasteiger partial charge in [0.2, 0.25) is 0 Å². The maximum Gasteiger partial charge on any atom is 0.316 e. The predicted octanol–water partition coefficient (Wildman–Crippen LogP) is 7.96. The van der Waals surface area contributed by atoms with E-state index in [9.17, 15) is 19.2 Å². The van der Waals surface area contributed by atoms with Crippen molar-refractivity contribution >= 4 is 75.8 Å². The average molecular weight is 940 g/mol. The van der Waals surface area contributed by atoms with E-state index in [4.69, 9.17) is 67.3 Å². The average Bonchev–Trinajstić information content (AvgIpc) is 3.60. The van der Waals surface area contributed by atoms with Gasteiger partial charge in [-0.1, -0.05) is 70.7 Å². The van der Waals surface area contributed by atoms with Gasteiger partial charge in [0.25, 0.3) is 17.7 Å². The summed E-state index contributed by atoms with van der Waals surface area (Å²) in [5.74, 6) is -0.463. The zero-order chi connectivity index (χ0) is 44.6. The second kappa shape index (κ2) is 21.3. The number of fused-ring (bicyclic) bond motifs is 4. The number of amides is 5. The molecule has 4 heterocycles. The van der Waals surface area contributed by atoms with Crippen molar-refractivity contribution < 1.29 is 28.7 Å². The maximum atomic E-state index is 12.5.